The summed E-state index contributed by atoms with van der Waals surface area (Å²) < 4.78 is 28.5. The summed E-state index contributed by atoms with van der Waals surface area (Å²) in [6, 6.07) is 10.1. The van der Waals surface area contributed by atoms with E-state index in [1.165, 1.54) is 29.2 Å². The highest BCUT2D eigenvalue weighted by atomic mass is 32.2. The third-order valence-corrected chi connectivity index (χ3v) is 4.57. The number of carboxylic acid groups (broad SMARTS) is 1. The zero-order valence-electron chi connectivity index (χ0n) is 12.1. The second-order valence-corrected chi connectivity index (χ2v) is 6.66. The summed E-state index contributed by atoms with van der Waals surface area (Å²) in [5.41, 5.74) is -0.120. The second-order valence-electron chi connectivity index (χ2n) is 5.03. The summed E-state index contributed by atoms with van der Waals surface area (Å²) in [6.07, 6.45) is 2.69. The number of aryl methyl sites for hydroxylation is 1. The summed E-state index contributed by atoms with van der Waals surface area (Å²) in [4.78, 5) is 15.2. The second kappa shape index (κ2) is 5.40. The Hall–Kier alpha value is -2.87. The Bertz CT molecular complexity index is 1010. The van der Waals surface area contributed by atoms with Crippen LogP contribution in [0.2, 0.25) is 0 Å². The zero-order valence-corrected chi connectivity index (χ0v) is 12.9. The van der Waals surface area contributed by atoms with E-state index < -0.39 is 16.0 Å². The fourth-order valence-corrected chi connectivity index (χ4v) is 3.28. The number of hydrogen-bond donors (Lipinski definition) is 2. The highest BCUT2D eigenvalue weighted by molar-refractivity contribution is 7.92. The van der Waals surface area contributed by atoms with E-state index in [0.29, 0.717) is 5.39 Å². The molecule has 0 fully saturated rings. The van der Waals surface area contributed by atoms with Crippen molar-refractivity contribution in [3.8, 4) is 0 Å². The van der Waals surface area contributed by atoms with Crippen molar-refractivity contribution >= 4 is 32.5 Å². The molecule has 0 bridgehead atoms. The van der Waals surface area contributed by atoms with Gasteiger partial charge in [0.1, 0.15) is 0 Å². The molecule has 0 aliphatic rings. The van der Waals surface area contributed by atoms with Crippen molar-refractivity contribution in [3.63, 3.8) is 0 Å². The number of anilines is 1. The van der Waals surface area contributed by atoms with E-state index in [0.717, 1.165) is 5.39 Å². The molecular weight excluding hydrogens is 318 g/mol. The van der Waals surface area contributed by atoms with E-state index in [1.54, 1.807) is 31.3 Å². The molecule has 23 heavy (non-hydrogen) atoms. The third-order valence-electron chi connectivity index (χ3n) is 3.32. The number of hydrogen-bond acceptors (Lipinski definition) is 4. The first-order valence-corrected chi connectivity index (χ1v) is 8.12. The molecule has 8 heteroatoms. The molecule has 0 saturated carbocycles. The van der Waals surface area contributed by atoms with Gasteiger partial charge in [-0.25, -0.2) is 9.78 Å². The maximum Gasteiger partial charge on any atom is 0.337 e. The number of fused-ring (bicyclic) bond motifs is 1. The van der Waals surface area contributed by atoms with Crippen molar-refractivity contribution < 1.29 is 18.3 Å². The summed E-state index contributed by atoms with van der Waals surface area (Å²) in [5.74, 6) is -1.21. The molecule has 0 atom stereocenters. The molecule has 3 rings (SSSR count). The average Bonchev–Trinajstić information content (AvgIpc) is 2.93. The molecule has 0 amide bonds. The fraction of sp³-hybridized carbons (Fsp3) is 0.0667. The van der Waals surface area contributed by atoms with E-state index in [2.05, 4.69) is 9.71 Å². The van der Waals surface area contributed by atoms with Crippen molar-refractivity contribution in [2.75, 3.05) is 4.72 Å². The number of nitrogens with zero attached hydrogens (tertiary/aromatic N) is 2. The lowest BCUT2D eigenvalue weighted by Crippen LogP contribution is -2.16. The predicted molar refractivity (Wildman–Crippen MR) is 84.9 cm³/mol. The standard InChI is InChI=1S/C15H13N3O4S/c1-18-8-14(16-9-18)23(21,22)17-13-7-11-5-3-2-4-10(11)6-12(13)15(19)20/h2-9,17H,1H3,(H,19,20). The van der Waals surface area contributed by atoms with Crippen molar-refractivity contribution in [1.29, 1.82) is 0 Å². The first-order valence-electron chi connectivity index (χ1n) is 6.64. The van der Waals surface area contributed by atoms with Crippen LogP contribution in [0.25, 0.3) is 10.8 Å². The van der Waals surface area contributed by atoms with Gasteiger partial charge in [-0.3, -0.25) is 4.72 Å². The Balaban J connectivity index is 2.11. The van der Waals surface area contributed by atoms with Crippen LogP contribution in [0.4, 0.5) is 5.69 Å². The molecule has 0 spiro atoms. The molecule has 2 aromatic carbocycles. The van der Waals surface area contributed by atoms with E-state index in [1.807, 2.05) is 0 Å². The molecule has 2 N–H and O–H groups in total. The first-order chi connectivity index (χ1) is 10.9. The minimum absolute atomic E-state index is 0.00172. The van der Waals surface area contributed by atoms with Crippen LogP contribution in [0.5, 0.6) is 0 Å². The lowest BCUT2D eigenvalue weighted by atomic mass is 10.1. The van der Waals surface area contributed by atoms with Gasteiger partial charge in [0, 0.05) is 13.2 Å². The van der Waals surface area contributed by atoms with Crippen LogP contribution in [0, 0.1) is 0 Å². The Morgan fingerprint density at radius 1 is 1.22 bits per heavy atom. The van der Waals surface area contributed by atoms with Gasteiger partial charge in [0.05, 0.1) is 17.6 Å². The van der Waals surface area contributed by atoms with Crippen molar-refractivity contribution in [2.24, 2.45) is 7.05 Å². The molecule has 1 aromatic heterocycles. The largest absolute Gasteiger partial charge is 0.478 e. The normalized spacial score (nSPS) is 11.5. The van der Waals surface area contributed by atoms with Crippen LogP contribution in [0.3, 0.4) is 0 Å². The van der Waals surface area contributed by atoms with Crippen molar-refractivity contribution in [1.82, 2.24) is 9.55 Å². The Morgan fingerprint density at radius 2 is 1.87 bits per heavy atom. The fourth-order valence-electron chi connectivity index (χ4n) is 2.23. The van der Waals surface area contributed by atoms with Crippen LogP contribution >= 0.6 is 0 Å². The lowest BCUT2D eigenvalue weighted by molar-refractivity contribution is 0.0698. The van der Waals surface area contributed by atoms with Gasteiger partial charge in [-0.15, -0.1) is 0 Å². The van der Waals surface area contributed by atoms with Crippen molar-refractivity contribution in [3.05, 3.63) is 54.5 Å². The molecule has 0 aliphatic carbocycles. The summed E-state index contributed by atoms with van der Waals surface area (Å²) >= 11 is 0. The van der Waals surface area contributed by atoms with E-state index >= 15 is 0 Å². The highest BCUT2D eigenvalue weighted by Crippen LogP contribution is 2.26. The molecule has 3 aromatic rings. The number of aromatic nitrogens is 2. The third kappa shape index (κ3) is 2.88. The molecular formula is C15H13N3O4S. The van der Waals surface area contributed by atoms with E-state index in [9.17, 15) is 18.3 Å². The molecule has 1 heterocycles. The van der Waals surface area contributed by atoms with Gasteiger partial charge in [-0.2, -0.15) is 8.42 Å². The zero-order chi connectivity index (χ0) is 16.6. The van der Waals surface area contributed by atoms with Crippen LogP contribution in [0.1, 0.15) is 10.4 Å². The number of imidazole rings is 1. The smallest absolute Gasteiger partial charge is 0.337 e. The molecule has 0 radical (unpaired) electrons. The van der Waals surface area contributed by atoms with E-state index in [4.69, 9.17) is 0 Å². The number of carbonyl (C=O) groups is 1. The quantitative estimate of drug-likeness (QED) is 0.762. The van der Waals surface area contributed by atoms with Gasteiger partial charge in [0.25, 0.3) is 10.0 Å². The molecule has 7 nitrogen and oxygen atoms in total. The van der Waals surface area contributed by atoms with Crippen LogP contribution in [-0.2, 0) is 17.1 Å². The monoisotopic (exact) mass is 331 g/mol. The van der Waals surface area contributed by atoms with Crippen LogP contribution < -0.4 is 4.72 Å². The maximum atomic E-state index is 12.3. The van der Waals surface area contributed by atoms with Gasteiger partial charge in [0.2, 0.25) is 0 Å². The topological polar surface area (TPSA) is 101 Å². The summed E-state index contributed by atoms with van der Waals surface area (Å²) in [6.45, 7) is 0. The van der Waals surface area contributed by atoms with Crippen LogP contribution in [-0.4, -0.2) is 29.0 Å². The summed E-state index contributed by atoms with van der Waals surface area (Å²) in [7, 11) is -2.32. The van der Waals surface area contributed by atoms with Gasteiger partial charge in [0.15, 0.2) is 5.03 Å². The molecule has 0 saturated heterocycles. The number of rotatable bonds is 4. The SMILES string of the molecule is Cn1cnc(S(=O)(=O)Nc2cc3ccccc3cc2C(=O)O)c1. The molecule has 0 unspecified atom stereocenters. The first kappa shape index (κ1) is 15.0. The average molecular weight is 331 g/mol. The van der Waals surface area contributed by atoms with Gasteiger partial charge < -0.3 is 9.67 Å². The van der Waals surface area contributed by atoms with Gasteiger partial charge in [-0.05, 0) is 22.9 Å². The minimum Gasteiger partial charge on any atom is -0.478 e. The highest BCUT2D eigenvalue weighted by Gasteiger charge is 2.21. The van der Waals surface area contributed by atoms with Gasteiger partial charge >= 0.3 is 5.97 Å². The van der Waals surface area contributed by atoms with Crippen molar-refractivity contribution in [2.45, 2.75) is 5.03 Å². The lowest BCUT2D eigenvalue weighted by Gasteiger charge is -2.10. The predicted octanol–water partition coefficient (Wildman–Crippen LogP) is 2.07. The van der Waals surface area contributed by atoms with E-state index in [-0.39, 0.29) is 16.3 Å². The number of sulfonamides is 1. The summed E-state index contributed by atoms with van der Waals surface area (Å²) in [5, 5.41) is 10.6. The number of carboxylic acids is 1. The van der Waals surface area contributed by atoms with Gasteiger partial charge in [-0.1, -0.05) is 24.3 Å². The Kier molecular flexibility index (Phi) is 3.53. The molecule has 118 valence electrons. The minimum atomic E-state index is -3.96. The maximum absolute atomic E-state index is 12.3. The number of benzene rings is 2. The number of nitrogens with one attached hydrogen (secondary N) is 1. The Morgan fingerprint density at radius 3 is 2.43 bits per heavy atom. The van der Waals surface area contributed by atoms with Crippen LogP contribution in [0.15, 0.2) is 53.9 Å². The Labute approximate surface area is 132 Å². The molecule has 0 aliphatic heterocycles. The number of aromatic carboxylic acids is 1.